The summed E-state index contributed by atoms with van der Waals surface area (Å²) in [5.41, 5.74) is 5.05. The summed E-state index contributed by atoms with van der Waals surface area (Å²) in [4.78, 5) is 3.57. The van der Waals surface area contributed by atoms with Gasteiger partial charge >= 0.3 is 0 Å². The van der Waals surface area contributed by atoms with Gasteiger partial charge in [0.05, 0.1) is 0 Å². The molecular formula is C24H29N. The van der Waals surface area contributed by atoms with Gasteiger partial charge in [-0.15, -0.1) is 0 Å². The quantitative estimate of drug-likeness (QED) is 0.674. The fraction of sp³-hybridized carbons (Fsp3) is 0.250. The molecule has 3 aromatic rings. The van der Waals surface area contributed by atoms with Crippen LogP contribution in [0.2, 0.25) is 0 Å². The summed E-state index contributed by atoms with van der Waals surface area (Å²) in [7, 11) is 0. The van der Waals surface area contributed by atoms with Crippen molar-refractivity contribution in [3.05, 3.63) is 82.4 Å². The summed E-state index contributed by atoms with van der Waals surface area (Å²) in [5.74, 6) is 0. The number of aromatic amines is 1. The van der Waals surface area contributed by atoms with E-state index in [1.54, 1.807) is 0 Å². The predicted octanol–water partition coefficient (Wildman–Crippen LogP) is 5.23. The average Bonchev–Trinajstić information content (AvgIpc) is 3.06. The second kappa shape index (κ2) is 9.68. The van der Waals surface area contributed by atoms with E-state index < -0.39 is 0 Å². The first-order valence-electron chi connectivity index (χ1n) is 9.26. The fourth-order valence-corrected chi connectivity index (χ4v) is 2.76. The number of hydrogen-bond donors (Lipinski definition) is 1. The number of benzene rings is 2. The Bertz CT molecular complexity index is 868. The summed E-state index contributed by atoms with van der Waals surface area (Å²) in [6.45, 7) is 8.29. The molecule has 1 heterocycles. The highest BCUT2D eigenvalue weighted by Crippen LogP contribution is 2.15. The van der Waals surface area contributed by atoms with Crippen LogP contribution in [0.3, 0.4) is 0 Å². The molecule has 3 rings (SSSR count). The first-order chi connectivity index (χ1) is 12.3. The maximum absolute atomic E-state index is 3.57. The number of nitrogens with one attached hydrogen (secondary N) is 1. The van der Waals surface area contributed by atoms with Gasteiger partial charge in [-0.3, -0.25) is 0 Å². The maximum Gasteiger partial charge on any atom is 0.0464 e. The van der Waals surface area contributed by atoms with Crippen LogP contribution in [-0.2, 0) is 6.42 Å². The number of hydrogen-bond acceptors (Lipinski definition) is 0. The second-order valence-corrected chi connectivity index (χ2v) is 5.92. The predicted molar refractivity (Wildman–Crippen MR) is 111 cm³/mol. The van der Waals surface area contributed by atoms with Crippen molar-refractivity contribution in [2.24, 2.45) is 0 Å². The zero-order chi connectivity index (χ0) is 18.1. The van der Waals surface area contributed by atoms with Gasteiger partial charge in [0.15, 0.2) is 0 Å². The van der Waals surface area contributed by atoms with Gasteiger partial charge in [0, 0.05) is 11.0 Å². The van der Waals surface area contributed by atoms with Gasteiger partial charge in [0.25, 0.3) is 0 Å². The zero-order valence-electron chi connectivity index (χ0n) is 15.8. The molecule has 1 N–H and O–H groups in total. The summed E-state index contributed by atoms with van der Waals surface area (Å²) >= 11 is 0. The van der Waals surface area contributed by atoms with Crippen molar-refractivity contribution >= 4 is 12.2 Å². The highest BCUT2D eigenvalue weighted by Gasteiger charge is 2.00. The van der Waals surface area contributed by atoms with E-state index in [-0.39, 0.29) is 0 Å². The molecule has 0 unspecified atom stereocenters. The van der Waals surface area contributed by atoms with Crippen molar-refractivity contribution in [1.82, 2.24) is 4.98 Å². The van der Waals surface area contributed by atoms with Crippen LogP contribution in [-0.4, -0.2) is 4.98 Å². The molecule has 0 aliphatic rings. The average molecular weight is 332 g/mol. The molecule has 25 heavy (non-hydrogen) atoms. The van der Waals surface area contributed by atoms with Crippen molar-refractivity contribution in [2.75, 3.05) is 0 Å². The molecule has 0 amide bonds. The van der Waals surface area contributed by atoms with Crippen molar-refractivity contribution in [1.29, 1.82) is 0 Å². The maximum atomic E-state index is 3.57. The Morgan fingerprint density at radius 3 is 2.20 bits per heavy atom. The Kier molecular flexibility index (Phi) is 7.28. The minimum absolute atomic E-state index is 0.955. The smallest absolute Gasteiger partial charge is 0.0464 e. The zero-order valence-corrected chi connectivity index (χ0v) is 15.8. The van der Waals surface area contributed by atoms with Crippen molar-refractivity contribution in [2.45, 2.75) is 40.5 Å². The Hall–Kier alpha value is -2.54. The highest BCUT2D eigenvalue weighted by molar-refractivity contribution is 5.60. The molecule has 0 bridgehead atoms. The van der Waals surface area contributed by atoms with Crippen LogP contribution in [0.25, 0.3) is 23.4 Å². The summed E-state index contributed by atoms with van der Waals surface area (Å²) in [5, 5.41) is 2.50. The normalized spacial score (nSPS) is 12.0. The Balaban J connectivity index is 0.00000109. The molecule has 130 valence electrons. The Labute approximate surface area is 151 Å². The molecule has 0 aliphatic carbocycles. The minimum atomic E-state index is 0.955. The van der Waals surface area contributed by atoms with Crippen LogP contribution < -0.4 is 10.6 Å². The van der Waals surface area contributed by atoms with Crippen molar-refractivity contribution in [3.63, 3.8) is 0 Å². The molecule has 0 saturated heterocycles. The van der Waals surface area contributed by atoms with E-state index in [4.69, 9.17) is 0 Å². The molecule has 1 heteroatoms. The molecule has 0 radical (unpaired) electrons. The van der Waals surface area contributed by atoms with Gasteiger partial charge in [-0.2, -0.15) is 0 Å². The third-order valence-electron chi connectivity index (χ3n) is 4.05. The molecule has 0 fully saturated rings. The molecule has 0 spiro atoms. The van der Waals surface area contributed by atoms with E-state index >= 15 is 0 Å². The van der Waals surface area contributed by atoms with Gasteiger partial charge in [-0.05, 0) is 42.2 Å². The molecule has 0 saturated carbocycles. The van der Waals surface area contributed by atoms with E-state index in [0.29, 0.717) is 0 Å². The lowest BCUT2D eigenvalue weighted by Gasteiger charge is -1.97. The molecule has 1 nitrogen and oxygen atoms in total. The monoisotopic (exact) mass is 331 g/mol. The van der Waals surface area contributed by atoms with Crippen LogP contribution in [0, 0.1) is 6.92 Å². The molecule has 0 atom stereocenters. The van der Waals surface area contributed by atoms with Gasteiger partial charge in [0.2, 0.25) is 0 Å². The highest BCUT2D eigenvalue weighted by atomic mass is 14.7. The molecular weight excluding hydrogens is 302 g/mol. The fourth-order valence-electron chi connectivity index (χ4n) is 2.76. The van der Waals surface area contributed by atoms with Gasteiger partial charge in [-0.1, -0.05) is 93.1 Å². The standard InChI is InChI=1S/C22H23N.C2H6/c1-3-7-21-20(15-12-18-8-5-4-6-9-18)16-22(23-21)19-13-10-17(2)11-14-19;1-2/h4-11,13-16,23H,3,12H2,1-2H3;1-2H3/b20-15-,21-7+;. The second-order valence-electron chi connectivity index (χ2n) is 5.92. The lowest BCUT2D eigenvalue weighted by Crippen LogP contribution is -2.22. The van der Waals surface area contributed by atoms with E-state index in [1.165, 1.54) is 33.0 Å². The SMILES string of the molecule is CC.CC/C=c1/[nH]c(-c2ccc(C)cc2)c/c1=C/Cc1ccccc1. The number of aryl methyl sites for hydroxylation is 1. The Morgan fingerprint density at radius 1 is 0.880 bits per heavy atom. The van der Waals surface area contributed by atoms with E-state index in [2.05, 4.69) is 91.6 Å². The topological polar surface area (TPSA) is 15.8 Å². The lowest BCUT2D eigenvalue weighted by atomic mass is 10.1. The van der Waals surface area contributed by atoms with E-state index in [0.717, 1.165) is 12.8 Å². The number of aromatic nitrogens is 1. The summed E-state index contributed by atoms with van der Waals surface area (Å²) in [6.07, 6.45) is 6.55. The third-order valence-corrected chi connectivity index (χ3v) is 4.05. The lowest BCUT2D eigenvalue weighted by molar-refractivity contribution is 1.23. The van der Waals surface area contributed by atoms with Crippen LogP contribution in [0.15, 0.2) is 60.7 Å². The third kappa shape index (κ3) is 5.22. The van der Waals surface area contributed by atoms with Crippen molar-refractivity contribution in [3.8, 4) is 11.3 Å². The molecule has 1 aromatic heterocycles. The number of H-pyrrole nitrogens is 1. The van der Waals surface area contributed by atoms with Crippen LogP contribution in [0.5, 0.6) is 0 Å². The largest absolute Gasteiger partial charge is 0.355 e. The number of rotatable bonds is 4. The molecule has 0 aliphatic heterocycles. The van der Waals surface area contributed by atoms with E-state index in [9.17, 15) is 0 Å². The first-order valence-corrected chi connectivity index (χ1v) is 9.26. The summed E-state index contributed by atoms with van der Waals surface area (Å²) < 4.78 is 0. The van der Waals surface area contributed by atoms with Crippen LogP contribution >= 0.6 is 0 Å². The first kappa shape index (κ1) is 18.8. The van der Waals surface area contributed by atoms with Gasteiger partial charge in [0.1, 0.15) is 0 Å². The van der Waals surface area contributed by atoms with Crippen LogP contribution in [0.4, 0.5) is 0 Å². The van der Waals surface area contributed by atoms with Crippen LogP contribution in [0.1, 0.15) is 38.3 Å². The summed E-state index contributed by atoms with van der Waals surface area (Å²) in [6, 6.07) is 21.5. The Morgan fingerprint density at radius 2 is 1.56 bits per heavy atom. The van der Waals surface area contributed by atoms with E-state index in [1.807, 2.05) is 13.8 Å². The van der Waals surface area contributed by atoms with Crippen molar-refractivity contribution < 1.29 is 0 Å². The van der Waals surface area contributed by atoms with Gasteiger partial charge < -0.3 is 4.98 Å². The van der Waals surface area contributed by atoms with Gasteiger partial charge in [-0.25, -0.2) is 0 Å². The minimum Gasteiger partial charge on any atom is -0.355 e. The molecule has 2 aromatic carbocycles.